The van der Waals surface area contributed by atoms with Gasteiger partial charge in [-0.25, -0.2) is 4.79 Å². The molecule has 2 aromatic rings. The number of nitrogens with two attached hydrogens (primary N) is 1. The van der Waals surface area contributed by atoms with E-state index in [1.807, 2.05) is 20.8 Å². The minimum Gasteiger partial charge on any atom is -0.365 e. The standard InChI is InChI=1S/C18H21Cl2N5O2/c1-18(2,3)22-17(27)24-6-7-25-13(9-24)14(16(21)26)15(23-25)10-4-5-11(19)12(20)8-10/h4-5,8H,6-7,9H2,1-3H3,(H2,21,26)(H,22,27). The summed E-state index contributed by atoms with van der Waals surface area (Å²) in [7, 11) is 0. The molecule has 0 radical (unpaired) electrons. The molecule has 2 heterocycles. The van der Waals surface area contributed by atoms with E-state index in [9.17, 15) is 9.59 Å². The van der Waals surface area contributed by atoms with Crippen LogP contribution in [0.1, 0.15) is 36.8 Å². The Hall–Kier alpha value is -2.25. The van der Waals surface area contributed by atoms with Crippen molar-refractivity contribution in [3.63, 3.8) is 0 Å². The van der Waals surface area contributed by atoms with Gasteiger partial charge in [0.05, 0.1) is 34.4 Å². The first-order valence-corrected chi connectivity index (χ1v) is 9.24. The lowest BCUT2D eigenvalue weighted by Gasteiger charge is -2.31. The van der Waals surface area contributed by atoms with Crippen LogP contribution in [-0.2, 0) is 13.1 Å². The molecular weight excluding hydrogens is 389 g/mol. The van der Waals surface area contributed by atoms with E-state index in [2.05, 4.69) is 10.4 Å². The molecule has 0 fully saturated rings. The largest absolute Gasteiger partial charge is 0.365 e. The third-order valence-electron chi connectivity index (χ3n) is 4.19. The highest BCUT2D eigenvalue weighted by Gasteiger charge is 2.30. The first kappa shape index (κ1) is 19.5. The van der Waals surface area contributed by atoms with Crippen LogP contribution in [0.2, 0.25) is 10.0 Å². The minimum absolute atomic E-state index is 0.193. The lowest BCUT2D eigenvalue weighted by Crippen LogP contribution is -2.50. The average Bonchev–Trinajstić information content (AvgIpc) is 2.94. The van der Waals surface area contributed by atoms with Gasteiger partial charge in [-0.3, -0.25) is 9.48 Å². The monoisotopic (exact) mass is 409 g/mol. The zero-order chi connectivity index (χ0) is 19.9. The fraction of sp³-hybridized carbons (Fsp3) is 0.389. The summed E-state index contributed by atoms with van der Waals surface area (Å²) >= 11 is 12.1. The van der Waals surface area contributed by atoms with E-state index < -0.39 is 5.91 Å². The predicted molar refractivity (Wildman–Crippen MR) is 105 cm³/mol. The molecule has 0 unspecified atom stereocenters. The normalized spacial score (nSPS) is 14.0. The maximum atomic E-state index is 12.5. The maximum Gasteiger partial charge on any atom is 0.318 e. The number of amides is 3. The van der Waals surface area contributed by atoms with Crippen LogP contribution in [0.25, 0.3) is 11.3 Å². The fourth-order valence-electron chi connectivity index (χ4n) is 3.00. The number of halogens is 2. The summed E-state index contributed by atoms with van der Waals surface area (Å²) in [6.07, 6.45) is 0. The van der Waals surface area contributed by atoms with Crippen LogP contribution in [0.15, 0.2) is 18.2 Å². The number of nitrogens with one attached hydrogen (secondary N) is 1. The van der Waals surface area contributed by atoms with Gasteiger partial charge in [-0.15, -0.1) is 0 Å². The molecule has 0 bridgehead atoms. The molecule has 0 aliphatic carbocycles. The second kappa shape index (κ2) is 7.05. The molecule has 27 heavy (non-hydrogen) atoms. The van der Waals surface area contributed by atoms with Gasteiger partial charge in [-0.1, -0.05) is 29.3 Å². The molecule has 144 valence electrons. The number of fused-ring (bicyclic) bond motifs is 1. The topological polar surface area (TPSA) is 93.2 Å². The smallest absolute Gasteiger partial charge is 0.318 e. The molecule has 1 aromatic carbocycles. The average molecular weight is 410 g/mol. The van der Waals surface area contributed by atoms with Crippen molar-refractivity contribution in [2.45, 2.75) is 39.4 Å². The van der Waals surface area contributed by atoms with Crippen molar-refractivity contribution < 1.29 is 9.59 Å². The van der Waals surface area contributed by atoms with E-state index in [4.69, 9.17) is 28.9 Å². The van der Waals surface area contributed by atoms with Gasteiger partial charge < -0.3 is 16.0 Å². The third-order valence-corrected chi connectivity index (χ3v) is 4.93. The molecule has 3 rings (SSSR count). The second-order valence-electron chi connectivity index (χ2n) is 7.49. The molecule has 1 aliphatic heterocycles. The van der Waals surface area contributed by atoms with Crippen LogP contribution in [0.4, 0.5) is 4.79 Å². The summed E-state index contributed by atoms with van der Waals surface area (Å²) in [5.41, 5.74) is 7.27. The number of hydrogen-bond donors (Lipinski definition) is 2. The van der Waals surface area contributed by atoms with Gasteiger partial charge in [0.2, 0.25) is 0 Å². The van der Waals surface area contributed by atoms with E-state index in [-0.39, 0.29) is 18.1 Å². The molecule has 1 aromatic heterocycles. The molecule has 7 nitrogen and oxygen atoms in total. The number of carbonyl (C=O) groups excluding carboxylic acids is 2. The van der Waals surface area contributed by atoms with Gasteiger partial charge in [-0.2, -0.15) is 5.10 Å². The highest BCUT2D eigenvalue weighted by atomic mass is 35.5. The number of rotatable bonds is 2. The summed E-state index contributed by atoms with van der Waals surface area (Å²) in [6.45, 7) is 6.93. The van der Waals surface area contributed by atoms with Crippen LogP contribution < -0.4 is 11.1 Å². The van der Waals surface area contributed by atoms with Gasteiger partial charge in [0.25, 0.3) is 5.91 Å². The van der Waals surface area contributed by atoms with E-state index in [1.165, 1.54) is 0 Å². The molecule has 3 N–H and O–H groups in total. The number of hydrogen-bond acceptors (Lipinski definition) is 3. The zero-order valence-corrected chi connectivity index (χ0v) is 16.9. The number of benzene rings is 1. The highest BCUT2D eigenvalue weighted by molar-refractivity contribution is 6.42. The molecule has 9 heteroatoms. The Balaban J connectivity index is 1.99. The lowest BCUT2D eigenvalue weighted by atomic mass is 10.0. The van der Waals surface area contributed by atoms with E-state index >= 15 is 0 Å². The van der Waals surface area contributed by atoms with Gasteiger partial charge >= 0.3 is 6.03 Å². The Labute approximate surface area is 167 Å². The number of urea groups is 1. The maximum absolute atomic E-state index is 12.5. The number of aromatic nitrogens is 2. The summed E-state index contributed by atoms with van der Waals surface area (Å²) in [6, 6.07) is 4.83. The quantitative estimate of drug-likeness (QED) is 0.796. The third kappa shape index (κ3) is 4.04. The molecule has 0 spiro atoms. The second-order valence-corrected chi connectivity index (χ2v) is 8.30. The van der Waals surface area contributed by atoms with Crippen molar-refractivity contribution in [3.8, 4) is 11.3 Å². The minimum atomic E-state index is -0.601. The van der Waals surface area contributed by atoms with Crippen LogP contribution in [0.3, 0.4) is 0 Å². The highest BCUT2D eigenvalue weighted by Crippen LogP contribution is 2.32. The van der Waals surface area contributed by atoms with Gasteiger partial charge in [0, 0.05) is 17.6 Å². The summed E-state index contributed by atoms with van der Waals surface area (Å²) < 4.78 is 1.72. The van der Waals surface area contributed by atoms with Crippen molar-refractivity contribution in [1.29, 1.82) is 0 Å². The first-order chi connectivity index (χ1) is 12.6. The van der Waals surface area contributed by atoms with Gasteiger partial charge in [-0.05, 0) is 32.9 Å². The van der Waals surface area contributed by atoms with Crippen molar-refractivity contribution in [2.75, 3.05) is 6.54 Å². The Bertz CT molecular complexity index is 917. The van der Waals surface area contributed by atoms with Crippen LogP contribution >= 0.6 is 23.2 Å². The van der Waals surface area contributed by atoms with Crippen molar-refractivity contribution in [3.05, 3.63) is 39.5 Å². The number of nitrogens with zero attached hydrogens (tertiary/aromatic N) is 3. The van der Waals surface area contributed by atoms with Crippen LogP contribution in [-0.4, -0.2) is 38.7 Å². The van der Waals surface area contributed by atoms with E-state index in [0.29, 0.717) is 45.6 Å². The molecular formula is C18H21Cl2N5O2. The lowest BCUT2D eigenvalue weighted by molar-refractivity contribution is 0.0997. The molecule has 0 saturated carbocycles. The first-order valence-electron chi connectivity index (χ1n) is 8.49. The zero-order valence-electron chi connectivity index (χ0n) is 15.3. The number of primary amides is 1. The SMILES string of the molecule is CC(C)(C)NC(=O)N1CCn2nc(-c3ccc(Cl)c(Cl)c3)c(C(N)=O)c2C1. The van der Waals surface area contributed by atoms with E-state index in [1.54, 1.807) is 27.8 Å². The van der Waals surface area contributed by atoms with E-state index in [0.717, 1.165) is 0 Å². The van der Waals surface area contributed by atoms with Crippen LogP contribution in [0.5, 0.6) is 0 Å². The van der Waals surface area contributed by atoms with Gasteiger partial charge in [0.15, 0.2) is 0 Å². The van der Waals surface area contributed by atoms with Crippen molar-refractivity contribution in [2.24, 2.45) is 5.73 Å². The summed E-state index contributed by atoms with van der Waals surface area (Å²) in [5, 5.41) is 8.24. The Morgan fingerprint density at radius 2 is 1.89 bits per heavy atom. The van der Waals surface area contributed by atoms with Crippen molar-refractivity contribution >= 4 is 35.1 Å². The molecule has 1 aliphatic rings. The molecule has 0 atom stereocenters. The Kier molecular flexibility index (Phi) is 5.10. The number of carbonyl (C=O) groups is 2. The van der Waals surface area contributed by atoms with Gasteiger partial charge in [0.1, 0.15) is 5.69 Å². The summed E-state index contributed by atoms with van der Waals surface area (Å²) in [4.78, 5) is 26.3. The Morgan fingerprint density at radius 3 is 2.48 bits per heavy atom. The fourth-order valence-corrected chi connectivity index (χ4v) is 3.29. The Morgan fingerprint density at radius 1 is 1.19 bits per heavy atom. The molecule has 0 saturated heterocycles. The predicted octanol–water partition coefficient (Wildman–Crippen LogP) is 3.28. The molecule has 3 amide bonds. The summed E-state index contributed by atoms with van der Waals surface area (Å²) in [5.74, 6) is -0.601. The van der Waals surface area contributed by atoms with Crippen molar-refractivity contribution in [1.82, 2.24) is 20.0 Å². The van der Waals surface area contributed by atoms with Crippen LogP contribution in [0, 0.1) is 0 Å².